The van der Waals surface area contributed by atoms with Crippen molar-refractivity contribution < 1.29 is 5.11 Å². The van der Waals surface area contributed by atoms with Gasteiger partial charge in [0.15, 0.2) is 0 Å². The molecule has 0 saturated heterocycles. The van der Waals surface area contributed by atoms with Crippen LogP contribution in [0.3, 0.4) is 0 Å². The third-order valence-corrected chi connectivity index (χ3v) is 5.03. The Morgan fingerprint density at radius 3 is 2.56 bits per heavy atom. The molecule has 0 aromatic heterocycles. The molecule has 0 heterocycles. The van der Waals surface area contributed by atoms with Crippen molar-refractivity contribution in [2.75, 3.05) is 0 Å². The topological polar surface area (TPSA) is 20.2 Å². The summed E-state index contributed by atoms with van der Waals surface area (Å²) in [6.07, 6.45) is 7.98. The highest BCUT2D eigenvalue weighted by Gasteiger charge is 2.53. The van der Waals surface area contributed by atoms with Crippen molar-refractivity contribution in [3.63, 3.8) is 0 Å². The Labute approximate surface area is 99.9 Å². The Kier molecular flexibility index (Phi) is 2.94. The molecule has 1 N–H and O–H groups in total. The molecule has 0 radical (unpaired) electrons. The maximum absolute atomic E-state index is 10.6. The lowest BCUT2D eigenvalue weighted by atomic mass is 9.50. The fraction of sp³-hybridized carbons (Fsp3) is 0.867. The number of aliphatic hydroxyl groups is 1. The lowest BCUT2D eigenvalue weighted by Gasteiger charge is -2.57. The lowest BCUT2D eigenvalue weighted by Crippen LogP contribution is -2.54. The minimum atomic E-state index is -0.443. The van der Waals surface area contributed by atoms with Gasteiger partial charge in [-0.05, 0) is 63.2 Å². The summed E-state index contributed by atoms with van der Waals surface area (Å²) in [6, 6.07) is 0. The summed E-state index contributed by atoms with van der Waals surface area (Å²) in [7, 11) is 0. The zero-order chi connectivity index (χ0) is 12.0. The lowest BCUT2D eigenvalue weighted by molar-refractivity contribution is -0.141. The number of fused-ring (bicyclic) bond motifs is 1. The molecule has 0 aromatic rings. The Bertz CT molecular complexity index is 299. The maximum Gasteiger partial charge on any atom is 0.0653 e. The second-order valence-corrected chi connectivity index (χ2v) is 6.89. The van der Waals surface area contributed by atoms with E-state index in [-0.39, 0.29) is 0 Å². The molecule has 1 fully saturated rings. The van der Waals surface area contributed by atoms with Crippen LogP contribution in [-0.4, -0.2) is 10.7 Å². The minimum absolute atomic E-state index is 0.443. The summed E-state index contributed by atoms with van der Waals surface area (Å²) >= 11 is 0. The Morgan fingerprint density at radius 2 is 1.94 bits per heavy atom. The second kappa shape index (κ2) is 3.87. The van der Waals surface area contributed by atoms with Gasteiger partial charge >= 0.3 is 0 Å². The normalized spacial score (nSPS) is 46.4. The van der Waals surface area contributed by atoms with E-state index < -0.39 is 5.60 Å². The largest absolute Gasteiger partial charge is 0.390 e. The van der Waals surface area contributed by atoms with E-state index in [9.17, 15) is 5.11 Å². The van der Waals surface area contributed by atoms with Crippen molar-refractivity contribution in [3.8, 4) is 0 Å². The molecule has 2 rings (SSSR count). The smallest absolute Gasteiger partial charge is 0.0653 e. The average Bonchev–Trinajstić information content (AvgIpc) is 2.17. The molecular formula is C15H26O. The van der Waals surface area contributed by atoms with Crippen LogP contribution in [0.5, 0.6) is 0 Å². The van der Waals surface area contributed by atoms with E-state index in [1.165, 1.54) is 24.8 Å². The third kappa shape index (κ3) is 2.07. The highest BCUT2D eigenvalue weighted by Crippen LogP contribution is 2.58. The highest BCUT2D eigenvalue weighted by atomic mass is 16.3. The van der Waals surface area contributed by atoms with Gasteiger partial charge in [0.2, 0.25) is 0 Å². The summed E-state index contributed by atoms with van der Waals surface area (Å²) in [4.78, 5) is 0. The van der Waals surface area contributed by atoms with Crippen molar-refractivity contribution in [1.29, 1.82) is 0 Å². The maximum atomic E-state index is 10.6. The molecule has 0 amide bonds. The summed E-state index contributed by atoms with van der Waals surface area (Å²) in [5.74, 6) is 1.24. The van der Waals surface area contributed by atoms with Crippen molar-refractivity contribution in [2.24, 2.45) is 17.3 Å². The SMILES string of the molecule is C/C1=C\CC[C@](C)(O)[C@H]2CC(C)(C)[C@@H]2CC1. The Hall–Kier alpha value is -0.300. The van der Waals surface area contributed by atoms with Crippen molar-refractivity contribution in [2.45, 2.75) is 65.4 Å². The zero-order valence-electron chi connectivity index (χ0n) is 11.2. The quantitative estimate of drug-likeness (QED) is 0.616. The number of hydrogen-bond donors (Lipinski definition) is 1. The Balaban J connectivity index is 2.18. The first kappa shape index (κ1) is 12.2. The van der Waals surface area contributed by atoms with Crippen LogP contribution in [0.2, 0.25) is 0 Å². The van der Waals surface area contributed by atoms with Crippen LogP contribution < -0.4 is 0 Å². The molecule has 92 valence electrons. The van der Waals surface area contributed by atoms with Gasteiger partial charge in [-0.2, -0.15) is 0 Å². The predicted molar refractivity (Wildman–Crippen MR) is 68.2 cm³/mol. The molecule has 1 heteroatoms. The van der Waals surface area contributed by atoms with Crippen LogP contribution in [-0.2, 0) is 0 Å². The third-order valence-electron chi connectivity index (χ3n) is 5.03. The van der Waals surface area contributed by atoms with Gasteiger partial charge in [-0.15, -0.1) is 0 Å². The van der Waals surface area contributed by atoms with Crippen LogP contribution in [0.4, 0.5) is 0 Å². The average molecular weight is 222 g/mol. The van der Waals surface area contributed by atoms with Gasteiger partial charge in [-0.1, -0.05) is 25.5 Å². The monoisotopic (exact) mass is 222 g/mol. The summed E-state index contributed by atoms with van der Waals surface area (Å²) in [5.41, 5.74) is 1.51. The predicted octanol–water partition coefficient (Wildman–Crippen LogP) is 3.92. The molecule has 2 aliphatic carbocycles. The molecular weight excluding hydrogens is 196 g/mol. The van der Waals surface area contributed by atoms with Crippen LogP contribution in [0.15, 0.2) is 11.6 Å². The van der Waals surface area contributed by atoms with Crippen LogP contribution in [0, 0.1) is 17.3 Å². The minimum Gasteiger partial charge on any atom is -0.390 e. The van der Waals surface area contributed by atoms with Crippen LogP contribution >= 0.6 is 0 Å². The first-order chi connectivity index (χ1) is 7.33. The molecule has 1 saturated carbocycles. The van der Waals surface area contributed by atoms with Gasteiger partial charge in [0.05, 0.1) is 5.60 Å². The molecule has 0 aromatic carbocycles. The van der Waals surface area contributed by atoms with Crippen molar-refractivity contribution >= 4 is 0 Å². The summed E-state index contributed by atoms with van der Waals surface area (Å²) in [5, 5.41) is 10.6. The molecule has 3 atom stereocenters. The second-order valence-electron chi connectivity index (χ2n) is 6.89. The zero-order valence-corrected chi connectivity index (χ0v) is 11.2. The van der Waals surface area contributed by atoms with E-state index in [1.54, 1.807) is 0 Å². The molecule has 16 heavy (non-hydrogen) atoms. The van der Waals surface area contributed by atoms with Crippen LogP contribution in [0.1, 0.15) is 59.8 Å². The molecule has 0 aliphatic heterocycles. The van der Waals surface area contributed by atoms with E-state index in [4.69, 9.17) is 0 Å². The van der Waals surface area contributed by atoms with E-state index in [0.717, 1.165) is 12.8 Å². The van der Waals surface area contributed by atoms with Gasteiger partial charge in [0, 0.05) is 0 Å². The van der Waals surface area contributed by atoms with E-state index in [1.807, 2.05) is 0 Å². The molecule has 0 spiro atoms. The van der Waals surface area contributed by atoms with Gasteiger partial charge in [-0.3, -0.25) is 0 Å². The molecule has 1 nitrogen and oxygen atoms in total. The fourth-order valence-electron chi connectivity index (χ4n) is 3.77. The van der Waals surface area contributed by atoms with Gasteiger partial charge in [0.25, 0.3) is 0 Å². The van der Waals surface area contributed by atoms with Crippen molar-refractivity contribution in [1.82, 2.24) is 0 Å². The first-order valence-electron chi connectivity index (χ1n) is 6.71. The number of allylic oxidation sites excluding steroid dienone is 2. The number of hydrogen-bond acceptors (Lipinski definition) is 1. The van der Waals surface area contributed by atoms with Crippen molar-refractivity contribution in [3.05, 3.63) is 11.6 Å². The number of rotatable bonds is 0. The fourth-order valence-corrected chi connectivity index (χ4v) is 3.77. The standard InChI is InChI=1S/C15H26O/c1-11-6-5-9-15(4,16)13-10-14(2,3)12(13)8-7-11/h6,12-13,16H,5,7-10H2,1-4H3/b11-6+/t12-,13+,15+/m1/s1. The van der Waals surface area contributed by atoms with Gasteiger partial charge < -0.3 is 5.11 Å². The van der Waals surface area contributed by atoms with E-state index in [2.05, 4.69) is 33.8 Å². The Morgan fingerprint density at radius 1 is 1.25 bits per heavy atom. The summed E-state index contributed by atoms with van der Waals surface area (Å²) in [6.45, 7) is 9.01. The van der Waals surface area contributed by atoms with Gasteiger partial charge in [0.1, 0.15) is 0 Å². The summed E-state index contributed by atoms with van der Waals surface area (Å²) < 4.78 is 0. The first-order valence-corrected chi connectivity index (χ1v) is 6.71. The highest BCUT2D eigenvalue weighted by molar-refractivity contribution is 5.08. The van der Waals surface area contributed by atoms with Gasteiger partial charge in [-0.25, -0.2) is 0 Å². The van der Waals surface area contributed by atoms with E-state index in [0.29, 0.717) is 17.3 Å². The van der Waals surface area contributed by atoms with Crippen LogP contribution in [0.25, 0.3) is 0 Å². The van der Waals surface area contributed by atoms with E-state index >= 15 is 0 Å². The molecule has 0 unspecified atom stereocenters. The molecule has 2 aliphatic rings. The molecule has 0 bridgehead atoms.